The lowest BCUT2D eigenvalue weighted by molar-refractivity contribution is 0.385. The molecule has 0 aromatic heterocycles. The van der Waals surface area contributed by atoms with Crippen LogP contribution in [-0.2, 0) is 0 Å². The number of rotatable bonds is 2. The third kappa shape index (κ3) is 0.979. The van der Waals surface area contributed by atoms with Crippen LogP contribution in [0.4, 0.5) is 0 Å². The molecule has 0 spiro atoms. The van der Waals surface area contributed by atoms with Crippen molar-refractivity contribution >= 4 is 5.71 Å². The quantitative estimate of drug-likeness (QED) is 0.557. The molecule has 0 bridgehead atoms. The number of aliphatic imine (C=N–C) groups is 1. The summed E-state index contributed by atoms with van der Waals surface area (Å²) in [6.45, 7) is 7.79. The normalized spacial score (nSPS) is 22.9. The molecule has 0 fully saturated rings. The van der Waals surface area contributed by atoms with Crippen LogP contribution in [0.2, 0.25) is 0 Å². The second kappa shape index (κ2) is 2.73. The largest absolute Gasteiger partial charge is 0.294 e. The fraction of sp³-hybridized carbons (Fsp3) is 0.889. The molecule has 0 aromatic rings. The summed E-state index contributed by atoms with van der Waals surface area (Å²) in [7, 11) is 0. The summed E-state index contributed by atoms with van der Waals surface area (Å²) < 4.78 is 0. The summed E-state index contributed by atoms with van der Waals surface area (Å²) in [6.07, 6.45) is 3.81. The Morgan fingerprint density at radius 2 is 2.00 bits per heavy atom. The first-order valence-corrected chi connectivity index (χ1v) is 4.26. The van der Waals surface area contributed by atoms with Gasteiger partial charge >= 0.3 is 0 Å². The highest BCUT2D eigenvalue weighted by Gasteiger charge is 2.32. The molecule has 0 amide bonds. The van der Waals surface area contributed by atoms with Gasteiger partial charge in [0.15, 0.2) is 0 Å². The van der Waals surface area contributed by atoms with Gasteiger partial charge in [-0.1, -0.05) is 13.8 Å². The van der Waals surface area contributed by atoms with Crippen molar-refractivity contribution in [2.45, 2.75) is 40.0 Å². The van der Waals surface area contributed by atoms with Crippen molar-refractivity contribution in [1.29, 1.82) is 0 Å². The summed E-state index contributed by atoms with van der Waals surface area (Å²) in [5.41, 5.74) is 1.87. The van der Waals surface area contributed by atoms with Crippen molar-refractivity contribution < 1.29 is 0 Å². The van der Waals surface area contributed by atoms with E-state index in [1.165, 1.54) is 25.0 Å². The molecule has 0 atom stereocenters. The van der Waals surface area contributed by atoms with Crippen LogP contribution >= 0.6 is 0 Å². The van der Waals surface area contributed by atoms with Gasteiger partial charge in [0, 0.05) is 17.7 Å². The summed E-state index contributed by atoms with van der Waals surface area (Å²) in [5, 5.41) is 0. The van der Waals surface area contributed by atoms with E-state index < -0.39 is 0 Å². The van der Waals surface area contributed by atoms with Gasteiger partial charge in [0.25, 0.3) is 0 Å². The molecular weight excluding hydrogens is 122 g/mol. The monoisotopic (exact) mass is 139 g/mol. The van der Waals surface area contributed by atoms with E-state index in [9.17, 15) is 0 Å². The van der Waals surface area contributed by atoms with Crippen molar-refractivity contribution in [3.8, 4) is 0 Å². The SMILES string of the molecule is CCC1(CC)CCN=C1C. The number of hydrogen-bond acceptors (Lipinski definition) is 1. The molecule has 0 saturated carbocycles. The molecule has 1 nitrogen and oxygen atoms in total. The summed E-state index contributed by atoms with van der Waals surface area (Å²) >= 11 is 0. The van der Waals surface area contributed by atoms with Gasteiger partial charge in [-0.25, -0.2) is 0 Å². The number of nitrogens with zero attached hydrogens (tertiary/aromatic N) is 1. The smallest absolute Gasteiger partial charge is 0.0397 e. The average Bonchev–Trinajstić information content (AvgIpc) is 2.32. The summed E-state index contributed by atoms with van der Waals surface area (Å²) in [6, 6.07) is 0. The maximum Gasteiger partial charge on any atom is 0.0397 e. The molecule has 0 aromatic carbocycles. The Kier molecular flexibility index (Phi) is 2.12. The third-order valence-corrected chi connectivity index (χ3v) is 3.06. The van der Waals surface area contributed by atoms with Crippen LogP contribution in [0.15, 0.2) is 4.99 Å². The molecule has 58 valence electrons. The molecule has 10 heavy (non-hydrogen) atoms. The zero-order valence-electron chi connectivity index (χ0n) is 7.28. The van der Waals surface area contributed by atoms with Crippen LogP contribution in [0, 0.1) is 5.41 Å². The minimum absolute atomic E-state index is 0.486. The van der Waals surface area contributed by atoms with E-state index in [0.29, 0.717) is 5.41 Å². The Balaban J connectivity index is 2.74. The predicted octanol–water partition coefficient (Wildman–Crippen LogP) is 2.66. The molecular formula is C9H17N. The third-order valence-electron chi connectivity index (χ3n) is 3.06. The van der Waals surface area contributed by atoms with E-state index in [2.05, 4.69) is 25.8 Å². The van der Waals surface area contributed by atoms with Crippen LogP contribution in [0.1, 0.15) is 40.0 Å². The van der Waals surface area contributed by atoms with Crippen LogP contribution in [0.5, 0.6) is 0 Å². The Hall–Kier alpha value is -0.330. The molecule has 0 saturated heterocycles. The molecule has 1 heterocycles. The first-order valence-electron chi connectivity index (χ1n) is 4.26. The first kappa shape index (κ1) is 7.77. The summed E-state index contributed by atoms with van der Waals surface area (Å²) in [4.78, 5) is 4.45. The Labute approximate surface area is 63.5 Å². The highest BCUT2D eigenvalue weighted by Crippen LogP contribution is 2.36. The van der Waals surface area contributed by atoms with Gasteiger partial charge in [-0.3, -0.25) is 4.99 Å². The molecule has 0 radical (unpaired) electrons. The highest BCUT2D eigenvalue weighted by molar-refractivity contribution is 5.89. The van der Waals surface area contributed by atoms with Crippen LogP contribution in [0.25, 0.3) is 0 Å². The molecule has 0 aliphatic carbocycles. The van der Waals surface area contributed by atoms with Crippen molar-refractivity contribution in [2.75, 3.05) is 6.54 Å². The van der Waals surface area contributed by atoms with E-state index >= 15 is 0 Å². The summed E-state index contributed by atoms with van der Waals surface area (Å²) in [5.74, 6) is 0. The maximum atomic E-state index is 4.45. The first-order chi connectivity index (χ1) is 4.75. The molecule has 1 heteroatoms. The number of hydrogen-bond donors (Lipinski definition) is 0. The second-order valence-corrected chi connectivity index (χ2v) is 3.20. The van der Waals surface area contributed by atoms with Crippen LogP contribution in [-0.4, -0.2) is 12.3 Å². The van der Waals surface area contributed by atoms with E-state index in [1.807, 2.05) is 0 Å². The standard InChI is InChI=1S/C9H17N/c1-4-9(5-2)6-7-10-8(9)3/h4-7H2,1-3H3. The molecule has 0 unspecified atom stereocenters. The Morgan fingerprint density at radius 1 is 1.40 bits per heavy atom. The van der Waals surface area contributed by atoms with E-state index in [4.69, 9.17) is 0 Å². The zero-order chi connectivity index (χ0) is 7.61. The Morgan fingerprint density at radius 3 is 2.20 bits per heavy atom. The maximum absolute atomic E-state index is 4.45. The minimum atomic E-state index is 0.486. The zero-order valence-corrected chi connectivity index (χ0v) is 7.28. The van der Waals surface area contributed by atoms with Gasteiger partial charge < -0.3 is 0 Å². The van der Waals surface area contributed by atoms with E-state index in [0.717, 1.165) is 6.54 Å². The van der Waals surface area contributed by atoms with Gasteiger partial charge in [0.2, 0.25) is 0 Å². The van der Waals surface area contributed by atoms with Crippen LogP contribution in [0.3, 0.4) is 0 Å². The Bertz CT molecular complexity index is 143. The van der Waals surface area contributed by atoms with Crippen molar-refractivity contribution in [3.05, 3.63) is 0 Å². The van der Waals surface area contributed by atoms with Gasteiger partial charge in [-0.15, -0.1) is 0 Å². The molecule has 1 aliphatic rings. The average molecular weight is 139 g/mol. The molecule has 0 N–H and O–H groups in total. The fourth-order valence-electron chi connectivity index (χ4n) is 1.90. The van der Waals surface area contributed by atoms with E-state index in [-0.39, 0.29) is 0 Å². The molecule has 1 rings (SSSR count). The van der Waals surface area contributed by atoms with E-state index in [1.54, 1.807) is 0 Å². The predicted molar refractivity (Wildman–Crippen MR) is 45.6 cm³/mol. The molecule has 1 aliphatic heterocycles. The fourth-order valence-corrected chi connectivity index (χ4v) is 1.90. The van der Waals surface area contributed by atoms with Gasteiger partial charge in [-0.2, -0.15) is 0 Å². The van der Waals surface area contributed by atoms with Crippen molar-refractivity contribution in [1.82, 2.24) is 0 Å². The topological polar surface area (TPSA) is 12.4 Å². The van der Waals surface area contributed by atoms with Gasteiger partial charge in [0.05, 0.1) is 0 Å². The lowest BCUT2D eigenvalue weighted by Crippen LogP contribution is -2.23. The van der Waals surface area contributed by atoms with Gasteiger partial charge in [-0.05, 0) is 26.2 Å². The second-order valence-electron chi connectivity index (χ2n) is 3.20. The highest BCUT2D eigenvalue weighted by atomic mass is 14.8. The lowest BCUT2D eigenvalue weighted by Gasteiger charge is -2.25. The minimum Gasteiger partial charge on any atom is -0.294 e. The van der Waals surface area contributed by atoms with Crippen molar-refractivity contribution in [3.63, 3.8) is 0 Å². The lowest BCUT2D eigenvalue weighted by atomic mass is 9.77. The van der Waals surface area contributed by atoms with Crippen LogP contribution < -0.4 is 0 Å². The van der Waals surface area contributed by atoms with Crippen molar-refractivity contribution in [2.24, 2.45) is 10.4 Å². The van der Waals surface area contributed by atoms with Gasteiger partial charge in [0.1, 0.15) is 0 Å².